The number of alkyl halides is 3. The van der Waals surface area contributed by atoms with Gasteiger partial charge in [0.15, 0.2) is 6.61 Å². The fourth-order valence-electron chi connectivity index (χ4n) is 1.96. The zero-order valence-electron chi connectivity index (χ0n) is 11.1. The van der Waals surface area contributed by atoms with Crippen molar-refractivity contribution in [3.8, 4) is 5.75 Å². The van der Waals surface area contributed by atoms with E-state index < -0.39 is 24.9 Å². The zero-order chi connectivity index (χ0) is 15.5. The summed E-state index contributed by atoms with van der Waals surface area (Å²) in [6.07, 6.45) is -4.43. The van der Waals surface area contributed by atoms with Crippen LogP contribution in [0.15, 0.2) is 24.3 Å². The van der Waals surface area contributed by atoms with Crippen molar-refractivity contribution >= 4 is 11.7 Å². The van der Waals surface area contributed by atoms with Gasteiger partial charge >= 0.3 is 12.2 Å². The van der Waals surface area contributed by atoms with Crippen LogP contribution in [-0.4, -0.2) is 48.0 Å². The highest BCUT2D eigenvalue weighted by Crippen LogP contribution is 2.22. The molecule has 1 saturated heterocycles. The summed E-state index contributed by atoms with van der Waals surface area (Å²) in [6, 6.07) is 5.32. The van der Waals surface area contributed by atoms with Gasteiger partial charge in [0.25, 0.3) is 0 Å². The number of nitrogens with one attached hydrogen (secondary N) is 1. The van der Waals surface area contributed by atoms with Gasteiger partial charge < -0.3 is 20.1 Å². The summed E-state index contributed by atoms with van der Waals surface area (Å²) in [5.41, 5.74) is 0.334. The Kier molecular flexibility index (Phi) is 4.56. The molecule has 2 N–H and O–H groups in total. The SMILES string of the molecule is O=C(Nc1cccc(OCC(F)(F)F)c1)N1CC[C@@H](O)C1. The Morgan fingerprint density at radius 2 is 2.24 bits per heavy atom. The molecule has 5 nitrogen and oxygen atoms in total. The second-order valence-electron chi connectivity index (χ2n) is 4.75. The van der Waals surface area contributed by atoms with Crippen LogP contribution in [0.3, 0.4) is 0 Å². The van der Waals surface area contributed by atoms with E-state index in [-0.39, 0.29) is 12.3 Å². The van der Waals surface area contributed by atoms with Crippen LogP contribution in [-0.2, 0) is 0 Å². The third-order valence-electron chi connectivity index (χ3n) is 2.94. The Balaban J connectivity index is 1.93. The maximum Gasteiger partial charge on any atom is 0.422 e. The highest BCUT2D eigenvalue weighted by atomic mass is 19.4. The molecule has 21 heavy (non-hydrogen) atoms. The maximum absolute atomic E-state index is 12.1. The van der Waals surface area contributed by atoms with Crippen LogP contribution in [0.25, 0.3) is 0 Å². The van der Waals surface area contributed by atoms with E-state index >= 15 is 0 Å². The van der Waals surface area contributed by atoms with Gasteiger partial charge in [0.05, 0.1) is 6.10 Å². The average Bonchev–Trinajstić information content (AvgIpc) is 2.83. The minimum atomic E-state index is -4.41. The number of rotatable bonds is 3. The molecule has 0 radical (unpaired) electrons. The molecule has 0 saturated carbocycles. The molecule has 8 heteroatoms. The van der Waals surface area contributed by atoms with Gasteiger partial charge in [-0.2, -0.15) is 13.2 Å². The number of β-amino-alcohol motifs (C(OH)–C–C–N with tert-alkyl or cyclic N) is 1. The van der Waals surface area contributed by atoms with Crippen LogP contribution in [0.1, 0.15) is 6.42 Å². The lowest BCUT2D eigenvalue weighted by Crippen LogP contribution is -2.33. The number of amides is 2. The smallest absolute Gasteiger partial charge is 0.422 e. The molecule has 0 aliphatic carbocycles. The largest absolute Gasteiger partial charge is 0.484 e. The van der Waals surface area contributed by atoms with E-state index in [4.69, 9.17) is 0 Å². The number of halogens is 3. The van der Waals surface area contributed by atoms with Gasteiger partial charge in [-0.05, 0) is 18.6 Å². The maximum atomic E-state index is 12.1. The number of hydrogen-bond acceptors (Lipinski definition) is 3. The highest BCUT2D eigenvalue weighted by molar-refractivity contribution is 5.89. The van der Waals surface area contributed by atoms with Gasteiger partial charge in [0.2, 0.25) is 0 Å². The number of carbonyl (C=O) groups excluding carboxylic acids is 1. The normalized spacial score (nSPS) is 18.7. The summed E-state index contributed by atoms with van der Waals surface area (Å²) < 4.78 is 40.8. The molecule has 1 aliphatic rings. The number of likely N-dealkylation sites (tertiary alicyclic amines) is 1. The fourth-order valence-corrected chi connectivity index (χ4v) is 1.96. The number of carbonyl (C=O) groups is 1. The van der Waals surface area contributed by atoms with Crippen molar-refractivity contribution < 1.29 is 27.8 Å². The molecule has 1 aromatic carbocycles. The van der Waals surface area contributed by atoms with E-state index in [1.807, 2.05) is 0 Å². The summed E-state index contributed by atoms with van der Waals surface area (Å²) in [5, 5.41) is 11.9. The molecule has 0 unspecified atom stereocenters. The van der Waals surface area contributed by atoms with Gasteiger partial charge in [-0.3, -0.25) is 0 Å². The van der Waals surface area contributed by atoms with Gasteiger partial charge in [-0.25, -0.2) is 4.79 Å². The van der Waals surface area contributed by atoms with E-state index in [0.29, 0.717) is 18.7 Å². The second kappa shape index (κ2) is 6.21. The fraction of sp³-hybridized carbons (Fsp3) is 0.462. The van der Waals surface area contributed by atoms with Crippen molar-refractivity contribution in [2.45, 2.75) is 18.7 Å². The molecule has 1 atom stereocenters. The summed E-state index contributed by atoms with van der Waals surface area (Å²) in [6.45, 7) is -0.698. The summed E-state index contributed by atoms with van der Waals surface area (Å²) in [5.74, 6) is 0.0200. The molecule has 0 bridgehead atoms. The Morgan fingerprint density at radius 1 is 1.48 bits per heavy atom. The predicted molar refractivity (Wildman–Crippen MR) is 69.2 cm³/mol. The van der Waals surface area contributed by atoms with Crippen molar-refractivity contribution in [3.05, 3.63) is 24.3 Å². The summed E-state index contributed by atoms with van der Waals surface area (Å²) >= 11 is 0. The first-order valence-corrected chi connectivity index (χ1v) is 6.37. The first-order chi connectivity index (χ1) is 9.83. The molecule has 1 aliphatic heterocycles. The Labute approximate surface area is 119 Å². The Hall–Kier alpha value is -1.96. The minimum Gasteiger partial charge on any atom is -0.484 e. The van der Waals surface area contributed by atoms with E-state index in [2.05, 4.69) is 10.1 Å². The third kappa shape index (κ3) is 4.82. The van der Waals surface area contributed by atoms with Crippen LogP contribution in [0.2, 0.25) is 0 Å². The number of aliphatic hydroxyl groups excluding tert-OH is 1. The molecule has 0 aromatic heterocycles. The first-order valence-electron chi connectivity index (χ1n) is 6.37. The second-order valence-corrected chi connectivity index (χ2v) is 4.75. The van der Waals surface area contributed by atoms with Crippen molar-refractivity contribution in [1.82, 2.24) is 4.90 Å². The monoisotopic (exact) mass is 304 g/mol. The van der Waals surface area contributed by atoms with E-state index in [1.54, 1.807) is 6.07 Å². The summed E-state index contributed by atoms with van der Waals surface area (Å²) in [7, 11) is 0. The third-order valence-corrected chi connectivity index (χ3v) is 2.94. The number of aliphatic hydroxyl groups is 1. The van der Waals surface area contributed by atoms with Gasteiger partial charge in [-0.15, -0.1) is 0 Å². The van der Waals surface area contributed by atoms with Crippen LogP contribution in [0.4, 0.5) is 23.7 Å². The van der Waals surface area contributed by atoms with Crippen molar-refractivity contribution in [1.29, 1.82) is 0 Å². The van der Waals surface area contributed by atoms with Crippen molar-refractivity contribution in [2.75, 3.05) is 25.0 Å². The summed E-state index contributed by atoms with van der Waals surface area (Å²) in [4.78, 5) is 13.3. The standard InChI is InChI=1S/C13H15F3N2O3/c14-13(15,16)8-21-11-3-1-2-9(6-11)17-12(20)18-5-4-10(19)7-18/h1-3,6,10,19H,4-5,7-8H2,(H,17,20)/t10-/m1/s1. The minimum absolute atomic E-state index is 0.0200. The van der Waals surface area contributed by atoms with Gasteiger partial charge in [0, 0.05) is 24.8 Å². The van der Waals surface area contributed by atoms with E-state index in [0.717, 1.165) is 0 Å². The van der Waals surface area contributed by atoms with Crippen LogP contribution in [0.5, 0.6) is 5.75 Å². The topological polar surface area (TPSA) is 61.8 Å². The zero-order valence-corrected chi connectivity index (χ0v) is 11.1. The predicted octanol–water partition coefficient (Wildman–Crippen LogP) is 2.23. The highest BCUT2D eigenvalue weighted by Gasteiger charge is 2.28. The average molecular weight is 304 g/mol. The van der Waals surface area contributed by atoms with Gasteiger partial charge in [0.1, 0.15) is 5.75 Å². The molecule has 0 spiro atoms. The lowest BCUT2D eigenvalue weighted by molar-refractivity contribution is -0.153. The van der Waals surface area contributed by atoms with Crippen LogP contribution < -0.4 is 10.1 Å². The lowest BCUT2D eigenvalue weighted by Gasteiger charge is -2.17. The van der Waals surface area contributed by atoms with Crippen molar-refractivity contribution in [2.24, 2.45) is 0 Å². The number of hydrogen-bond donors (Lipinski definition) is 2. The molecular weight excluding hydrogens is 289 g/mol. The number of urea groups is 1. The lowest BCUT2D eigenvalue weighted by atomic mass is 10.3. The molecule has 2 rings (SSSR count). The number of anilines is 1. The molecular formula is C13H15F3N2O3. The molecule has 1 aromatic rings. The number of ether oxygens (including phenoxy) is 1. The Morgan fingerprint density at radius 3 is 2.86 bits per heavy atom. The quantitative estimate of drug-likeness (QED) is 0.900. The number of nitrogens with zero attached hydrogens (tertiary/aromatic N) is 1. The van der Waals surface area contributed by atoms with E-state index in [1.165, 1.54) is 23.1 Å². The number of benzene rings is 1. The molecule has 116 valence electrons. The molecule has 2 amide bonds. The van der Waals surface area contributed by atoms with E-state index in [9.17, 15) is 23.1 Å². The Bertz CT molecular complexity index is 508. The first kappa shape index (κ1) is 15.4. The van der Waals surface area contributed by atoms with Crippen LogP contribution in [0, 0.1) is 0 Å². The van der Waals surface area contributed by atoms with Crippen molar-refractivity contribution in [3.63, 3.8) is 0 Å². The van der Waals surface area contributed by atoms with Gasteiger partial charge in [-0.1, -0.05) is 6.07 Å². The molecule has 1 fully saturated rings. The van der Waals surface area contributed by atoms with Crippen LogP contribution >= 0.6 is 0 Å². The molecule has 1 heterocycles.